The smallest absolute Gasteiger partial charge is 0.419 e. The van der Waals surface area contributed by atoms with Gasteiger partial charge in [-0.25, -0.2) is 13.8 Å². The minimum atomic E-state index is -4.91. The minimum absolute atomic E-state index is 0.0400. The van der Waals surface area contributed by atoms with Crippen LogP contribution >= 0.6 is 11.3 Å². The highest BCUT2D eigenvalue weighted by Crippen LogP contribution is 2.35. The molecule has 1 saturated carbocycles. The Morgan fingerprint density at radius 3 is 2.47 bits per heavy atom. The molecule has 0 radical (unpaired) electrons. The molecule has 0 spiro atoms. The second kappa shape index (κ2) is 10.0. The van der Waals surface area contributed by atoms with Gasteiger partial charge in [-0.3, -0.25) is 9.59 Å². The number of thiazole rings is 1. The van der Waals surface area contributed by atoms with Crippen LogP contribution in [-0.2, 0) is 22.2 Å². The SMILES string of the molecule is O=C(Cc1cccc(C(F)(F)F)c1F)Nc1cc(Oc2ccc3nc(NC(=O)C4CC4)sc3c2)ccc1F. The standard InChI is InChI=1S/C26H18F5N3O3S/c27-18-8-6-15(11-20(18)32-22(35)10-14-2-1-3-17(23(14)28)26(29,30)31)37-16-7-9-19-21(12-16)38-25(33-19)34-24(36)13-4-5-13/h1-3,6-9,11-13H,4-5,10H2,(H,32,35)(H,33,34,36). The second-order valence-corrected chi connectivity index (χ2v) is 9.69. The van der Waals surface area contributed by atoms with Gasteiger partial charge in [-0.15, -0.1) is 0 Å². The molecule has 1 aliphatic rings. The van der Waals surface area contributed by atoms with Crippen LogP contribution in [-0.4, -0.2) is 16.8 Å². The summed E-state index contributed by atoms with van der Waals surface area (Å²) in [5.74, 6) is -2.75. The maximum Gasteiger partial charge on any atom is 0.419 e. The number of hydrogen-bond donors (Lipinski definition) is 2. The van der Waals surface area contributed by atoms with Crippen LogP contribution in [0, 0.1) is 17.6 Å². The molecule has 0 saturated heterocycles. The normalized spacial score (nSPS) is 13.4. The molecule has 38 heavy (non-hydrogen) atoms. The lowest BCUT2D eigenvalue weighted by atomic mass is 10.1. The summed E-state index contributed by atoms with van der Waals surface area (Å²) in [7, 11) is 0. The van der Waals surface area contributed by atoms with E-state index in [-0.39, 0.29) is 23.3 Å². The Balaban J connectivity index is 1.28. The number of carbonyl (C=O) groups excluding carboxylic acids is 2. The van der Waals surface area contributed by atoms with Crippen LogP contribution in [0.5, 0.6) is 11.5 Å². The number of alkyl halides is 3. The summed E-state index contributed by atoms with van der Waals surface area (Å²) in [6.45, 7) is 0. The molecule has 1 fully saturated rings. The van der Waals surface area contributed by atoms with Crippen molar-refractivity contribution in [2.75, 3.05) is 10.6 Å². The number of fused-ring (bicyclic) bond motifs is 1. The van der Waals surface area contributed by atoms with E-state index in [1.165, 1.54) is 23.5 Å². The number of rotatable bonds is 7. The van der Waals surface area contributed by atoms with Crippen molar-refractivity contribution in [2.24, 2.45) is 5.92 Å². The topological polar surface area (TPSA) is 80.3 Å². The van der Waals surface area contributed by atoms with Crippen molar-refractivity contribution in [3.05, 3.63) is 77.4 Å². The van der Waals surface area contributed by atoms with Gasteiger partial charge in [-0.05, 0) is 48.7 Å². The van der Waals surface area contributed by atoms with E-state index in [0.29, 0.717) is 22.5 Å². The predicted octanol–water partition coefficient (Wildman–Crippen LogP) is 6.92. The molecule has 0 bridgehead atoms. The Kier molecular flexibility index (Phi) is 6.74. The first-order valence-electron chi connectivity index (χ1n) is 11.4. The monoisotopic (exact) mass is 547 g/mol. The molecule has 0 atom stereocenters. The van der Waals surface area contributed by atoms with Crippen molar-refractivity contribution >= 4 is 44.2 Å². The molecule has 3 aromatic carbocycles. The molecular formula is C26H18F5N3O3S. The van der Waals surface area contributed by atoms with Crippen molar-refractivity contribution in [1.29, 1.82) is 0 Å². The molecule has 1 aromatic heterocycles. The Hall–Kier alpha value is -4.06. The molecule has 196 valence electrons. The van der Waals surface area contributed by atoms with E-state index in [1.54, 1.807) is 18.2 Å². The fourth-order valence-corrected chi connectivity index (χ4v) is 4.57. The van der Waals surface area contributed by atoms with E-state index in [2.05, 4.69) is 15.6 Å². The molecule has 5 rings (SSSR count). The van der Waals surface area contributed by atoms with Crippen molar-refractivity contribution < 1.29 is 36.3 Å². The number of halogens is 5. The van der Waals surface area contributed by atoms with Gasteiger partial charge < -0.3 is 15.4 Å². The van der Waals surface area contributed by atoms with Gasteiger partial charge in [0.25, 0.3) is 0 Å². The van der Waals surface area contributed by atoms with Crippen LogP contribution in [0.3, 0.4) is 0 Å². The average molecular weight is 548 g/mol. The Labute approximate surface area is 216 Å². The number of nitrogens with zero attached hydrogens (tertiary/aromatic N) is 1. The molecule has 12 heteroatoms. The van der Waals surface area contributed by atoms with Gasteiger partial charge in [0.15, 0.2) is 5.13 Å². The first-order valence-corrected chi connectivity index (χ1v) is 12.2. The molecule has 6 nitrogen and oxygen atoms in total. The van der Waals surface area contributed by atoms with Crippen LogP contribution in [0.2, 0.25) is 0 Å². The lowest BCUT2D eigenvalue weighted by molar-refractivity contribution is -0.140. The fourth-order valence-electron chi connectivity index (χ4n) is 3.68. The molecule has 2 N–H and O–H groups in total. The highest BCUT2D eigenvalue weighted by atomic mass is 32.1. The van der Waals surface area contributed by atoms with Crippen LogP contribution in [0.4, 0.5) is 32.8 Å². The maximum atomic E-state index is 14.3. The van der Waals surface area contributed by atoms with Crippen LogP contribution in [0.15, 0.2) is 54.6 Å². The van der Waals surface area contributed by atoms with Crippen molar-refractivity contribution in [3.63, 3.8) is 0 Å². The van der Waals surface area contributed by atoms with Crippen molar-refractivity contribution in [3.8, 4) is 11.5 Å². The number of nitrogens with one attached hydrogen (secondary N) is 2. The molecule has 2 amide bonds. The molecule has 0 unspecified atom stereocenters. The van der Waals surface area contributed by atoms with E-state index >= 15 is 0 Å². The first-order chi connectivity index (χ1) is 18.1. The molecular weight excluding hydrogens is 529 g/mol. The number of ether oxygens (including phenoxy) is 1. The van der Waals surface area contributed by atoms with Crippen molar-refractivity contribution in [1.82, 2.24) is 4.98 Å². The molecule has 1 heterocycles. The third kappa shape index (κ3) is 5.75. The zero-order chi connectivity index (χ0) is 27.0. The van der Waals surface area contributed by atoms with Gasteiger partial charge in [-0.1, -0.05) is 23.5 Å². The summed E-state index contributed by atoms with van der Waals surface area (Å²) in [5, 5.41) is 5.51. The van der Waals surface area contributed by atoms with Gasteiger partial charge >= 0.3 is 6.18 Å². The Bertz CT molecular complexity index is 1550. The third-order valence-corrected chi connectivity index (χ3v) is 6.65. The van der Waals surface area contributed by atoms with E-state index in [1.807, 2.05) is 0 Å². The Morgan fingerprint density at radius 2 is 1.74 bits per heavy atom. The third-order valence-electron chi connectivity index (χ3n) is 5.72. The fraction of sp³-hybridized carbons (Fsp3) is 0.192. The lowest BCUT2D eigenvalue weighted by Crippen LogP contribution is -2.18. The number of aromatic nitrogens is 1. The van der Waals surface area contributed by atoms with Gasteiger partial charge in [-0.2, -0.15) is 13.2 Å². The van der Waals surface area contributed by atoms with Gasteiger partial charge in [0.05, 0.1) is 27.9 Å². The van der Waals surface area contributed by atoms with Gasteiger partial charge in [0.2, 0.25) is 11.8 Å². The van der Waals surface area contributed by atoms with Crippen LogP contribution in [0.1, 0.15) is 24.0 Å². The zero-order valence-corrected chi connectivity index (χ0v) is 20.2. The highest BCUT2D eigenvalue weighted by Gasteiger charge is 2.35. The van der Waals surface area contributed by atoms with Crippen LogP contribution < -0.4 is 15.4 Å². The number of carbonyl (C=O) groups is 2. The van der Waals surface area contributed by atoms with E-state index in [4.69, 9.17) is 4.74 Å². The summed E-state index contributed by atoms with van der Waals surface area (Å²) >= 11 is 1.27. The quantitative estimate of drug-likeness (QED) is 0.246. The summed E-state index contributed by atoms with van der Waals surface area (Å²) in [4.78, 5) is 28.7. The predicted molar refractivity (Wildman–Crippen MR) is 131 cm³/mol. The van der Waals surface area contributed by atoms with Gasteiger partial charge in [0, 0.05) is 18.1 Å². The highest BCUT2D eigenvalue weighted by molar-refractivity contribution is 7.22. The first kappa shape index (κ1) is 25.6. The number of anilines is 2. The number of hydrogen-bond acceptors (Lipinski definition) is 5. The van der Waals surface area contributed by atoms with E-state index in [9.17, 15) is 31.5 Å². The average Bonchev–Trinajstić information content (AvgIpc) is 3.62. The molecule has 0 aliphatic heterocycles. The summed E-state index contributed by atoms with van der Waals surface area (Å²) in [6.07, 6.45) is -3.90. The Morgan fingerprint density at radius 1 is 1.00 bits per heavy atom. The van der Waals surface area contributed by atoms with Crippen LogP contribution in [0.25, 0.3) is 10.2 Å². The van der Waals surface area contributed by atoms with E-state index < -0.39 is 41.3 Å². The summed E-state index contributed by atoms with van der Waals surface area (Å²) in [6, 6.07) is 11.2. The number of benzene rings is 3. The number of amides is 2. The summed E-state index contributed by atoms with van der Waals surface area (Å²) in [5.41, 5.74) is -1.60. The van der Waals surface area contributed by atoms with E-state index in [0.717, 1.165) is 35.7 Å². The second-order valence-electron chi connectivity index (χ2n) is 8.66. The maximum absolute atomic E-state index is 14.3. The zero-order valence-electron chi connectivity index (χ0n) is 19.4. The van der Waals surface area contributed by atoms with Crippen molar-refractivity contribution in [2.45, 2.75) is 25.4 Å². The molecule has 4 aromatic rings. The van der Waals surface area contributed by atoms with Gasteiger partial charge in [0.1, 0.15) is 23.1 Å². The summed E-state index contributed by atoms with van der Waals surface area (Å²) < 4.78 is 73.9. The largest absolute Gasteiger partial charge is 0.457 e. The molecule has 1 aliphatic carbocycles. The lowest BCUT2D eigenvalue weighted by Gasteiger charge is -2.12. The minimum Gasteiger partial charge on any atom is -0.457 e.